The van der Waals surface area contributed by atoms with E-state index in [0.29, 0.717) is 19.6 Å². The van der Waals surface area contributed by atoms with Crippen molar-refractivity contribution < 1.29 is 9.53 Å². The van der Waals surface area contributed by atoms with Crippen LogP contribution in [0.3, 0.4) is 0 Å². The zero-order valence-corrected chi connectivity index (χ0v) is 22.0. The first kappa shape index (κ1) is 25.1. The van der Waals surface area contributed by atoms with Gasteiger partial charge in [-0.05, 0) is 73.2 Å². The molecule has 1 fully saturated rings. The number of carbonyl (C=O) groups is 1. The van der Waals surface area contributed by atoms with E-state index in [1.807, 2.05) is 23.1 Å². The van der Waals surface area contributed by atoms with Gasteiger partial charge in [-0.25, -0.2) is 4.98 Å². The van der Waals surface area contributed by atoms with Gasteiger partial charge >= 0.3 is 0 Å². The smallest absolute Gasteiger partial charge is 0.227 e. The van der Waals surface area contributed by atoms with E-state index in [1.165, 1.54) is 24.0 Å². The Morgan fingerprint density at radius 1 is 0.919 bits per heavy atom. The van der Waals surface area contributed by atoms with Gasteiger partial charge in [-0.3, -0.25) is 4.79 Å². The van der Waals surface area contributed by atoms with Crippen LogP contribution in [0.15, 0.2) is 72.8 Å². The Bertz CT molecular complexity index is 1320. The van der Waals surface area contributed by atoms with Crippen molar-refractivity contribution in [1.82, 2.24) is 9.55 Å². The number of hydrogen-bond acceptors (Lipinski definition) is 3. The standard InChI is InChI=1S/C32H37N3O2/c1-3-5-9-25-12-16-27(17-13-25)35-23-26(22-31(35)36)32-33-29-10-6-7-11-30(29)34(32)20-8-21-37-28-18-14-24(4-2)15-19-28/h6-7,10-19,26H,3-5,8-9,20-23H2,1-2H3. The SMILES string of the molecule is CCCCc1ccc(N2CC(c3nc4ccccc4n3CCCOc3ccc(CC)cc3)CC2=O)cc1. The van der Waals surface area contributed by atoms with Gasteiger partial charge in [-0.1, -0.05) is 56.7 Å². The molecule has 192 valence electrons. The van der Waals surface area contributed by atoms with Crippen molar-refractivity contribution in [2.24, 2.45) is 0 Å². The molecule has 0 aliphatic carbocycles. The highest BCUT2D eigenvalue weighted by Gasteiger charge is 2.34. The number of aryl methyl sites for hydroxylation is 3. The lowest BCUT2D eigenvalue weighted by atomic mass is 10.1. The molecule has 2 heterocycles. The van der Waals surface area contributed by atoms with E-state index < -0.39 is 0 Å². The Labute approximate surface area is 220 Å². The molecule has 0 saturated carbocycles. The van der Waals surface area contributed by atoms with E-state index in [4.69, 9.17) is 9.72 Å². The number of nitrogens with zero attached hydrogens (tertiary/aromatic N) is 3. The van der Waals surface area contributed by atoms with Crippen LogP contribution in [0.4, 0.5) is 5.69 Å². The highest BCUT2D eigenvalue weighted by Crippen LogP contribution is 2.33. The van der Waals surface area contributed by atoms with Crippen LogP contribution in [-0.4, -0.2) is 28.6 Å². The van der Waals surface area contributed by atoms with E-state index in [0.717, 1.165) is 54.1 Å². The molecule has 0 radical (unpaired) electrons. The molecule has 5 heteroatoms. The molecule has 0 bridgehead atoms. The molecule has 0 N–H and O–H groups in total. The average molecular weight is 496 g/mol. The van der Waals surface area contributed by atoms with Crippen LogP contribution in [-0.2, 0) is 24.2 Å². The zero-order chi connectivity index (χ0) is 25.6. The summed E-state index contributed by atoms with van der Waals surface area (Å²) in [5.41, 5.74) is 5.74. The minimum absolute atomic E-state index is 0.0715. The Balaban J connectivity index is 1.28. The number of rotatable bonds is 11. The quantitative estimate of drug-likeness (QED) is 0.212. The average Bonchev–Trinajstić information content (AvgIpc) is 3.51. The van der Waals surface area contributed by atoms with Gasteiger partial charge in [-0.15, -0.1) is 0 Å². The van der Waals surface area contributed by atoms with E-state index in [-0.39, 0.29) is 11.8 Å². The van der Waals surface area contributed by atoms with Gasteiger partial charge in [0.15, 0.2) is 0 Å². The Kier molecular flexibility index (Phi) is 7.88. The molecule has 1 aliphatic rings. The number of ether oxygens (including phenoxy) is 1. The first-order valence-electron chi connectivity index (χ1n) is 13.7. The summed E-state index contributed by atoms with van der Waals surface area (Å²) in [5.74, 6) is 2.15. The second kappa shape index (κ2) is 11.6. The molecule has 1 unspecified atom stereocenters. The van der Waals surface area contributed by atoms with E-state index in [9.17, 15) is 4.79 Å². The molecule has 1 atom stereocenters. The maximum atomic E-state index is 13.1. The monoisotopic (exact) mass is 495 g/mol. The van der Waals surface area contributed by atoms with Gasteiger partial charge in [0.05, 0.1) is 17.6 Å². The Hall–Kier alpha value is -3.60. The van der Waals surface area contributed by atoms with Crippen molar-refractivity contribution in [2.45, 2.75) is 64.8 Å². The van der Waals surface area contributed by atoms with Crippen LogP contribution in [0.5, 0.6) is 5.75 Å². The lowest BCUT2D eigenvalue weighted by molar-refractivity contribution is -0.117. The summed E-state index contributed by atoms with van der Waals surface area (Å²) >= 11 is 0. The van der Waals surface area contributed by atoms with Crippen molar-refractivity contribution >= 4 is 22.6 Å². The van der Waals surface area contributed by atoms with Crippen molar-refractivity contribution in [3.63, 3.8) is 0 Å². The van der Waals surface area contributed by atoms with Gasteiger partial charge in [-0.2, -0.15) is 0 Å². The molecule has 3 aromatic carbocycles. The van der Waals surface area contributed by atoms with Crippen molar-refractivity contribution in [3.8, 4) is 5.75 Å². The number of anilines is 1. The third-order valence-electron chi connectivity index (χ3n) is 7.37. The molecule has 0 spiro atoms. The highest BCUT2D eigenvalue weighted by atomic mass is 16.5. The van der Waals surface area contributed by atoms with Gasteiger partial charge in [0.25, 0.3) is 0 Å². The fraction of sp³-hybridized carbons (Fsp3) is 0.375. The van der Waals surface area contributed by atoms with Crippen LogP contribution in [0.25, 0.3) is 11.0 Å². The molecular formula is C32H37N3O2. The number of unbranched alkanes of at least 4 members (excludes halogenated alkanes) is 1. The van der Waals surface area contributed by atoms with E-state index in [1.54, 1.807) is 0 Å². The predicted octanol–water partition coefficient (Wildman–Crippen LogP) is 6.93. The number of aromatic nitrogens is 2. The molecule has 5 nitrogen and oxygen atoms in total. The number of para-hydroxylation sites is 2. The minimum Gasteiger partial charge on any atom is -0.494 e. The van der Waals surface area contributed by atoms with Crippen LogP contribution < -0.4 is 9.64 Å². The second-order valence-electron chi connectivity index (χ2n) is 9.99. The van der Waals surface area contributed by atoms with E-state index in [2.05, 4.69) is 73.0 Å². The van der Waals surface area contributed by atoms with Gasteiger partial charge in [0.1, 0.15) is 11.6 Å². The molecule has 1 aromatic heterocycles. The highest BCUT2D eigenvalue weighted by molar-refractivity contribution is 5.96. The summed E-state index contributed by atoms with van der Waals surface area (Å²) in [7, 11) is 0. The maximum Gasteiger partial charge on any atom is 0.227 e. The molecule has 37 heavy (non-hydrogen) atoms. The minimum atomic E-state index is 0.0715. The number of fused-ring (bicyclic) bond motifs is 1. The first-order chi connectivity index (χ1) is 18.2. The third kappa shape index (κ3) is 5.71. The van der Waals surface area contributed by atoms with Crippen LogP contribution in [0.1, 0.15) is 62.4 Å². The Morgan fingerprint density at radius 2 is 1.68 bits per heavy atom. The molecule has 1 amide bonds. The fourth-order valence-electron chi connectivity index (χ4n) is 5.23. The van der Waals surface area contributed by atoms with Crippen molar-refractivity contribution in [1.29, 1.82) is 0 Å². The molecule has 1 aliphatic heterocycles. The maximum absolute atomic E-state index is 13.1. The number of benzene rings is 3. The van der Waals surface area contributed by atoms with E-state index >= 15 is 0 Å². The summed E-state index contributed by atoms with van der Waals surface area (Å²) in [6.07, 6.45) is 5.85. The molecular weight excluding hydrogens is 458 g/mol. The summed E-state index contributed by atoms with van der Waals surface area (Å²) in [4.78, 5) is 20.0. The zero-order valence-electron chi connectivity index (χ0n) is 22.0. The van der Waals surface area contributed by atoms with Gasteiger partial charge < -0.3 is 14.2 Å². The second-order valence-corrected chi connectivity index (χ2v) is 9.99. The molecule has 5 rings (SSSR count). The van der Waals surface area contributed by atoms with Crippen LogP contribution in [0.2, 0.25) is 0 Å². The van der Waals surface area contributed by atoms with Gasteiger partial charge in [0.2, 0.25) is 5.91 Å². The number of imidazole rings is 1. The predicted molar refractivity (Wildman–Crippen MR) is 150 cm³/mol. The normalized spacial score (nSPS) is 15.6. The summed E-state index contributed by atoms with van der Waals surface area (Å²) in [5, 5.41) is 0. The number of amides is 1. The van der Waals surface area contributed by atoms with Crippen LogP contribution >= 0.6 is 0 Å². The first-order valence-corrected chi connectivity index (χ1v) is 13.7. The molecule has 1 saturated heterocycles. The number of hydrogen-bond donors (Lipinski definition) is 0. The molecule has 4 aromatic rings. The summed E-state index contributed by atoms with van der Waals surface area (Å²) in [6, 6.07) is 25.1. The lowest BCUT2D eigenvalue weighted by Gasteiger charge is -2.18. The van der Waals surface area contributed by atoms with Crippen molar-refractivity contribution in [2.75, 3.05) is 18.1 Å². The van der Waals surface area contributed by atoms with Crippen LogP contribution in [0, 0.1) is 0 Å². The topological polar surface area (TPSA) is 47.4 Å². The fourth-order valence-corrected chi connectivity index (χ4v) is 5.23. The van der Waals surface area contributed by atoms with Gasteiger partial charge in [0, 0.05) is 31.1 Å². The summed E-state index contributed by atoms with van der Waals surface area (Å²) in [6.45, 7) is 6.47. The third-order valence-corrected chi connectivity index (χ3v) is 7.37. The largest absolute Gasteiger partial charge is 0.494 e. The Morgan fingerprint density at radius 3 is 2.43 bits per heavy atom. The van der Waals surface area contributed by atoms with Crippen molar-refractivity contribution in [3.05, 3.63) is 89.7 Å². The summed E-state index contributed by atoms with van der Waals surface area (Å²) < 4.78 is 8.31. The lowest BCUT2D eigenvalue weighted by Crippen LogP contribution is -2.24. The number of carbonyl (C=O) groups excluding carboxylic acids is 1.